The van der Waals surface area contributed by atoms with Crippen LogP contribution < -0.4 is 5.32 Å². The number of anilines is 1. The molecular formula is C20H25N5O2. The molecule has 3 aromatic rings. The topological polar surface area (TPSA) is 72.2 Å². The van der Waals surface area contributed by atoms with Gasteiger partial charge in [-0.25, -0.2) is 0 Å². The van der Waals surface area contributed by atoms with Gasteiger partial charge in [0.15, 0.2) is 5.82 Å². The number of nitrogens with one attached hydrogen (secondary N) is 1. The van der Waals surface area contributed by atoms with Crippen molar-refractivity contribution in [3.63, 3.8) is 0 Å². The molecule has 0 spiro atoms. The number of amides is 2. The molecule has 0 atom stereocenters. The van der Waals surface area contributed by atoms with E-state index < -0.39 is 0 Å². The van der Waals surface area contributed by atoms with Crippen LogP contribution in [-0.2, 0) is 11.3 Å². The second kappa shape index (κ2) is 7.26. The van der Waals surface area contributed by atoms with Crippen molar-refractivity contribution < 1.29 is 9.59 Å². The number of aromatic nitrogens is 3. The number of likely N-dealkylation sites (N-methyl/N-ethyl adjacent to an activating group) is 1. The molecule has 1 aromatic carbocycles. The number of carbonyl (C=O) groups is 2. The zero-order valence-electron chi connectivity index (χ0n) is 16.4. The van der Waals surface area contributed by atoms with E-state index in [9.17, 15) is 9.59 Å². The maximum absolute atomic E-state index is 12.6. The van der Waals surface area contributed by atoms with Crippen molar-refractivity contribution in [1.29, 1.82) is 0 Å². The van der Waals surface area contributed by atoms with E-state index in [0.717, 1.165) is 10.9 Å². The van der Waals surface area contributed by atoms with Crippen molar-refractivity contribution in [2.24, 2.45) is 0 Å². The van der Waals surface area contributed by atoms with Crippen molar-refractivity contribution in [2.45, 2.75) is 33.4 Å². The largest absolute Gasteiger partial charge is 0.347 e. The van der Waals surface area contributed by atoms with Crippen LogP contribution in [0, 0.1) is 6.92 Å². The van der Waals surface area contributed by atoms with Crippen LogP contribution in [-0.4, -0.2) is 45.2 Å². The molecule has 142 valence electrons. The van der Waals surface area contributed by atoms with Crippen LogP contribution in [0.3, 0.4) is 0 Å². The Balaban J connectivity index is 1.79. The number of hydrogen-bond acceptors (Lipinski definition) is 3. The number of nitrogens with zero attached hydrogens (tertiary/aromatic N) is 4. The fourth-order valence-corrected chi connectivity index (χ4v) is 3.17. The standard InChI is InChI=1S/C20H25N5O2/c1-13(2)25-14(3)10-15-6-7-16(11-17(15)25)20(27)21-18-8-9-24(22-18)12-19(26)23(4)5/h6-11,13H,12H2,1-5H3,(H,21,22,27). The third-order valence-corrected chi connectivity index (χ3v) is 4.49. The van der Waals surface area contributed by atoms with Crippen molar-refractivity contribution in [2.75, 3.05) is 19.4 Å². The zero-order chi connectivity index (χ0) is 19.7. The molecule has 0 aliphatic heterocycles. The van der Waals surface area contributed by atoms with Gasteiger partial charge < -0.3 is 14.8 Å². The summed E-state index contributed by atoms with van der Waals surface area (Å²) < 4.78 is 3.72. The molecule has 0 unspecified atom stereocenters. The molecule has 0 saturated heterocycles. The maximum atomic E-state index is 12.6. The molecule has 27 heavy (non-hydrogen) atoms. The Morgan fingerprint density at radius 2 is 1.93 bits per heavy atom. The highest BCUT2D eigenvalue weighted by Crippen LogP contribution is 2.25. The number of carbonyl (C=O) groups excluding carboxylic acids is 2. The minimum atomic E-state index is -0.227. The molecule has 0 bridgehead atoms. The fourth-order valence-electron chi connectivity index (χ4n) is 3.17. The van der Waals surface area contributed by atoms with Gasteiger partial charge in [0.2, 0.25) is 5.91 Å². The van der Waals surface area contributed by atoms with E-state index in [2.05, 4.69) is 41.8 Å². The fraction of sp³-hybridized carbons (Fsp3) is 0.350. The van der Waals surface area contributed by atoms with Gasteiger partial charge in [0.25, 0.3) is 5.91 Å². The molecule has 2 aromatic heterocycles. The van der Waals surface area contributed by atoms with Crippen molar-refractivity contribution in [3.8, 4) is 0 Å². The monoisotopic (exact) mass is 367 g/mol. The van der Waals surface area contributed by atoms with Crippen LogP contribution in [0.1, 0.15) is 35.9 Å². The van der Waals surface area contributed by atoms with Gasteiger partial charge in [-0.15, -0.1) is 0 Å². The van der Waals surface area contributed by atoms with Crippen LogP contribution in [0.2, 0.25) is 0 Å². The van der Waals surface area contributed by atoms with Crippen LogP contribution >= 0.6 is 0 Å². The normalized spacial score (nSPS) is 11.2. The highest BCUT2D eigenvalue weighted by molar-refractivity contribution is 6.05. The van der Waals surface area contributed by atoms with E-state index in [4.69, 9.17) is 0 Å². The minimum absolute atomic E-state index is 0.0637. The van der Waals surface area contributed by atoms with Gasteiger partial charge in [0.1, 0.15) is 6.54 Å². The van der Waals surface area contributed by atoms with Crippen LogP contribution in [0.15, 0.2) is 36.5 Å². The lowest BCUT2D eigenvalue weighted by Crippen LogP contribution is -2.26. The van der Waals surface area contributed by atoms with Gasteiger partial charge in [0, 0.05) is 49.2 Å². The molecule has 2 heterocycles. The first-order valence-electron chi connectivity index (χ1n) is 8.93. The van der Waals surface area contributed by atoms with Gasteiger partial charge in [-0.1, -0.05) is 6.07 Å². The number of fused-ring (bicyclic) bond motifs is 1. The van der Waals surface area contributed by atoms with E-state index in [0.29, 0.717) is 17.4 Å². The number of rotatable bonds is 5. The molecule has 0 fully saturated rings. The summed E-state index contributed by atoms with van der Waals surface area (Å²) in [5, 5.41) is 8.15. The molecule has 7 nitrogen and oxygen atoms in total. The van der Waals surface area contributed by atoms with Gasteiger partial charge in [-0.3, -0.25) is 14.3 Å². The van der Waals surface area contributed by atoms with E-state index >= 15 is 0 Å². The molecule has 0 saturated carbocycles. The third kappa shape index (κ3) is 3.86. The Kier molecular flexibility index (Phi) is 5.03. The smallest absolute Gasteiger partial charge is 0.256 e. The number of aryl methyl sites for hydroxylation is 1. The summed E-state index contributed by atoms with van der Waals surface area (Å²) >= 11 is 0. The van der Waals surface area contributed by atoms with E-state index in [1.807, 2.05) is 18.2 Å². The first-order valence-corrected chi connectivity index (χ1v) is 8.93. The summed E-state index contributed by atoms with van der Waals surface area (Å²) in [6, 6.07) is 9.80. The van der Waals surface area contributed by atoms with Gasteiger partial charge in [-0.2, -0.15) is 5.10 Å². The molecule has 0 radical (unpaired) electrons. The Labute approximate surface area is 158 Å². The quantitative estimate of drug-likeness (QED) is 0.753. The second-order valence-corrected chi connectivity index (χ2v) is 7.16. The lowest BCUT2D eigenvalue weighted by Gasteiger charge is -2.13. The average molecular weight is 367 g/mol. The highest BCUT2D eigenvalue weighted by Gasteiger charge is 2.14. The summed E-state index contributed by atoms with van der Waals surface area (Å²) in [5.74, 6) is 0.128. The predicted molar refractivity (Wildman–Crippen MR) is 106 cm³/mol. The summed E-state index contributed by atoms with van der Waals surface area (Å²) in [4.78, 5) is 25.9. The van der Waals surface area contributed by atoms with Crippen LogP contribution in [0.4, 0.5) is 5.82 Å². The molecule has 0 aliphatic carbocycles. The zero-order valence-corrected chi connectivity index (χ0v) is 16.4. The third-order valence-electron chi connectivity index (χ3n) is 4.49. The van der Waals surface area contributed by atoms with Crippen molar-refractivity contribution >= 4 is 28.5 Å². The molecule has 0 aliphatic rings. The first kappa shape index (κ1) is 18.7. The Morgan fingerprint density at radius 1 is 1.19 bits per heavy atom. The maximum Gasteiger partial charge on any atom is 0.256 e. The summed E-state index contributed by atoms with van der Waals surface area (Å²) in [6.07, 6.45) is 1.67. The lowest BCUT2D eigenvalue weighted by atomic mass is 10.1. The van der Waals surface area contributed by atoms with E-state index in [-0.39, 0.29) is 18.4 Å². The molecule has 1 N–H and O–H groups in total. The lowest BCUT2D eigenvalue weighted by molar-refractivity contribution is -0.129. The van der Waals surface area contributed by atoms with Gasteiger partial charge >= 0.3 is 0 Å². The summed E-state index contributed by atoms with van der Waals surface area (Å²) in [5.41, 5.74) is 2.78. The first-order chi connectivity index (χ1) is 12.8. The van der Waals surface area contributed by atoms with Crippen molar-refractivity contribution in [1.82, 2.24) is 19.2 Å². The number of hydrogen-bond donors (Lipinski definition) is 1. The average Bonchev–Trinajstić information content (AvgIpc) is 3.16. The Hall–Kier alpha value is -3.09. The molecule has 3 rings (SSSR count). The Morgan fingerprint density at radius 3 is 2.59 bits per heavy atom. The van der Waals surface area contributed by atoms with Crippen molar-refractivity contribution in [3.05, 3.63) is 47.8 Å². The van der Waals surface area contributed by atoms with Gasteiger partial charge in [-0.05, 0) is 44.4 Å². The minimum Gasteiger partial charge on any atom is -0.347 e. The summed E-state index contributed by atoms with van der Waals surface area (Å²) in [6.45, 7) is 6.46. The van der Waals surface area contributed by atoms with Crippen LogP contribution in [0.25, 0.3) is 10.9 Å². The van der Waals surface area contributed by atoms with E-state index in [1.54, 1.807) is 26.4 Å². The predicted octanol–water partition coefficient (Wildman–Crippen LogP) is 3.07. The van der Waals surface area contributed by atoms with E-state index in [1.165, 1.54) is 15.3 Å². The van der Waals surface area contributed by atoms with Gasteiger partial charge in [0.05, 0.1) is 0 Å². The second-order valence-electron chi connectivity index (χ2n) is 7.16. The highest BCUT2D eigenvalue weighted by atomic mass is 16.2. The Bertz CT molecular complexity index is 997. The molecule has 7 heteroatoms. The molecular weight excluding hydrogens is 342 g/mol. The SMILES string of the molecule is Cc1cc2ccc(C(=O)Nc3ccn(CC(=O)N(C)C)n3)cc2n1C(C)C. The molecule has 2 amide bonds. The summed E-state index contributed by atoms with van der Waals surface area (Å²) in [7, 11) is 3.39. The number of benzene rings is 1. The van der Waals surface area contributed by atoms with Crippen LogP contribution in [0.5, 0.6) is 0 Å².